The van der Waals surface area contributed by atoms with Crippen molar-refractivity contribution in [3.05, 3.63) is 34.1 Å². The molecule has 0 aromatic heterocycles. The molecule has 1 aliphatic carbocycles. The fourth-order valence-electron chi connectivity index (χ4n) is 2.47. The van der Waals surface area contributed by atoms with Crippen molar-refractivity contribution >= 4 is 21.8 Å². The van der Waals surface area contributed by atoms with E-state index in [2.05, 4.69) is 28.2 Å². The quantitative estimate of drug-likeness (QED) is 0.901. The van der Waals surface area contributed by atoms with E-state index in [1.54, 1.807) is 6.07 Å². The zero-order valence-corrected chi connectivity index (χ0v) is 12.0. The summed E-state index contributed by atoms with van der Waals surface area (Å²) in [5.41, 5.74) is 0.281. The largest absolute Gasteiger partial charge is 0.351 e. The molecule has 1 amide bonds. The molecule has 1 aromatic carbocycles. The van der Waals surface area contributed by atoms with Crippen molar-refractivity contribution in [1.29, 1.82) is 0 Å². The lowest BCUT2D eigenvalue weighted by Gasteiger charge is -2.23. The zero-order chi connectivity index (χ0) is 13.2. The Hall–Kier alpha value is -0.900. The summed E-state index contributed by atoms with van der Waals surface area (Å²) in [5.74, 6) is -0.811. The van der Waals surface area contributed by atoms with Gasteiger partial charge in [-0.15, -0.1) is 0 Å². The van der Waals surface area contributed by atoms with Crippen LogP contribution < -0.4 is 5.32 Å². The van der Waals surface area contributed by atoms with Gasteiger partial charge in [0.15, 0.2) is 0 Å². The summed E-state index contributed by atoms with van der Waals surface area (Å²) in [5, 5.41) is 2.85. The third-order valence-corrected chi connectivity index (χ3v) is 4.15. The van der Waals surface area contributed by atoms with Crippen molar-refractivity contribution in [2.45, 2.75) is 32.6 Å². The van der Waals surface area contributed by atoms with Gasteiger partial charge in [-0.25, -0.2) is 4.39 Å². The van der Waals surface area contributed by atoms with Gasteiger partial charge >= 0.3 is 0 Å². The van der Waals surface area contributed by atoms with Crippen LogP contribution in [0.25, 0.3) is 0 Å². The predicted molar refractivity (Wildman–Crippen MR) is 73.0 cm³/mol. The second-order valence-electron chi connectivity index (χ2n) is 5.32. The molecule has 4 heteroatoms. The van der Waals surface area contributed by atoms with Crippen LogP contribution in [0.15, 0.2) is 22.7 Å². The smallest absolute Gasteiger partial charge is 0.254 e. The molecule has 0 spiro atoms. The molecular formula is C14H17BrFNO. The Balaban J connectivity index is 2.01. The first-order valence-corrected chi connectivity index (χ1v) is 7.03. The van der Waals surface area contributed by atoms with Gasteiger partial charge in [0.1, 0.15) is 5.82 Å². The van der Waals surface area contributed by atoms with Crippen LogP contribution in [0.2, 0.25) is 0 Å². The Kier molecular flexibility index (Phi) is 4.05. The average Bonchev–Trinajstić information content (AvgIpc) is 2.77. The molecule has 0 heterocycles. The standard InChI is InChI=1S/C14H17BrFNO/c1-14(6-2-3-7-14)9-17-13(18)11-8-10(15)4-5-12(11)16/h4-5,8H,2-3,6-7,9H2,1H3,(H,17,18). The van der Waals surface area contributed by atoms with Gasteiger partial charge in [-0.05, 0) is 36.5 Å². The molecule has 18 heavy (non-hydrogen) atoms. The van der Waals surface area contributed by atoms with Crippen molar-refractivity contribution in [3.63, 3.8) is 0 Å². The third-order valence-electron chi connectivity index (χ3n) is 3.66. The summed E-state index contributed by atoms with van der Waals surface area (Å²) >= 11 is 3.25. The van der Waals surface area contributed by atoms with E-state index in [9.17, 15) is 9.18 Å². The number of halogens is 2. The van der Waals surface area contributed by atoms with E-state index in [1.165, 1.54) is 25.0 Å². The summed E-state index contributed by atoms with van der Waals surface area (Å²) in [4.78, 5) is 11.9. The van der Waals surface area contributed by atoms with Crippen molar-refractivity contribution in [2.24, 2.45) is 5.41 Å². The van der Waals surface area contributed by atoms with Gasteiger partial charge in [0.05, 0.1) is 5.56 Å². The Morgan fingerprint density at radius 3 is 2.78 bits per heavy atom. The van der Waals surface area contributed by atoms with E-state index < -0.39 is 5.82 Å². The highest BCUT2D eigenvalue weighted by Gasteiger charge is 2.29. The Labute approximate surface area is 115 Å². The maximum absolute atomic E-state index is 13.5. The van der Waals surface area contributed by atoms with E-state index >= 15 is 0 Å². The molecule has 0 bridgehead atoms. The predicted octanol–water partition coefficient (Wildman–Crippen LogP) is 3.90. The summed E-state index contributed by atoms with van der Waals surface area (Å²) < 4.78 is 14.2. The van der Waals surface area contributed by atoms with Crippen LogP contribution in [0, 0.1) is 11.2 Å². The number of rotatable bonds is 3. The number of benzene rings is 1. The van der Waals surface area contributed by atoms with Gasteiger partial charge in [-0.2, -0.15) is 0 Å². The first-order valence-electron chi connectivity index (χ1n) is 6.23. The second-order valence-corrected chi connectivity index (χ2v) is 6.24. The molecule has 0 unspecified atom stereocenters. The Morgan fingerprint density at radius 1 is 1.44 bits per heavy atom. The fourth-order valence-corrected chi connectivity index (χ4v) is 2.83. The lowest BCUT2D eigenvalue weighted by Crippen LogP contribution is -2.34. The van der Waals surface area contributed by atoms with Crippen molar-refractivity contribution < 1.29 is 9.18 Å². The molecule has 1 saturated carbocycles. The van der Waals surface area contributed by atoms with E-state index in [-0.39, 0.29) is 16.9 Å². The number of amides is 1. The molecule has 2 rings (SSSR count). The topological polar surface area (TPSA) is 29.1 Å². The van der Waals surface area contributed by atoms with Gasteiger partial charge < -0.3 is 5.32 Å². The van der Waals surface area contributed by atoms with Crippen LogP contribution in [0.4, 0.5) is 4.39 Å². The molecule has 0 saturated heterocycles. The molecule has 1 aromatic rings. The van der Waals surface area contributed by atoms with Crippen molar-refractivity contribution in [3.8, 4) is 0 Å². The first-order chi connectivity index (χ1) is 8.50. The number of hydrogen-bond donors (Lipinski definition) is 1. The van der Waals surface area contributed by atoms with Gasteiger partial charge in [-0.3, -0.25) is 4.79 Å². The molecule has 98 valence electrons. The molecule has 0 radical (unpaired) electrons. The summed E-state index contributed by atoms with van der Waals surface area (Å²) in [7, 11) is 0. The van der Waals surface area contributed by atoms with Gasteiger partial charge in [0, 0.05) is 11.0 Å². The lowest BCUT2D eigenvalue weighted by molar-refractivity contribution is 0.0930. The highest BCUT2D eigenvalue weighted by Crippen LogP contribution is 2.36. The van der Waals surface area contributed by atoms with Crippen LogP contribution in [-0.2, 0) is 0 Å². The summed E-state index contributed by atoms with van der Waals surface area (Å²) in [6.45, 7) is 2.80. The maximum Gasteiger partial charge on any atom is 0.254 e. The molecule has 1 fully saturated rings. The van der Waals surface area contributed by atoms with E-state index in [1.807, 2.05) is 0 Å². The van der Waals surface area contributed by atoms with Crippen molar-refractivity contribution in [2.75, 3.05) is 6.54 Å². The van der Waals surface area contributed by atoms with E-state index in [0.717, 1.165) is 12.8 Å². The lowest BCUT2D eigenvalue weighted by atomic mass is 9.89. The van der Waals surface area contributed by atoms with Crippen LogP contribution in [0.3, 0.4) is 0 Å². The number of hydrogen-bond acceptors (Lipinski definition) is 1. The second kappa shape index (κ2) is 5.39. The van der Waals surface area contributed by atoms with Crippen LogP contribution in [0.5, 0.6) is 0 Å². The summed E-state index contributed by atoms with van der Waals surface area (Å²) in [6.07, 6.45) is 4.71. The Bertz CT molecular complexity index is 455. The van der Waals surface area contributed by atoms with E-state index in [0.29, 0.717) is 11.0 Å². The molecule has 1 N–H and O–H groups in total. The fraction of sp³-hybridized carbons (Fsp3) is 0.500. The van der Waals surface area contributed by atoms with Gasteiger partial charge in [0.25, 0.3) is 5.91 Å². The number of nitrogens with one attached hydrogen (secondary N) is 1. The average molecular weight is 314 g/mol. The minimum atomic E-state index is -0.479. The van der Waals surface area contributed by atoms with E-state index in [4.69, 9.17) is 0 Å². The molecule has 0 aliphatic heterocycles. The monoisotopic (exact) mass is 313 g/mol. The van der Waals surface area contributed by atoms with Crippen LogP contribution in [-0.4, -0.2) is 12.5 Å². The highest BCUT2D eigenvalue weighted by atomic mass is 79.9. The highest BCUT2D eigenvalue weighted by molar-refractivity contribution is 9.10. The normalized spacial score (nSPS) is 17.7. The molecule has 0 atom stereocenters. The van der Waals surface area contributed by atoms with Crippen LogP contribution >= 0.6 is 15.9 Å². The van der Waals surface area contributed by atoms with Gasteiger partial charge in [0.2, 0.25) is 0 Å². The Morgan fingerprint density at radius 2 is 2.11 bits per heavy atom. The molecular weight excluding hydrogens is 297 g/mol. The summed E-state index contributed by atoms with van der Waals surface area (Å²) in [6, 6.07) is 4.41. The minimum Gasteiger partial charge on any atom is -0.351 e. The number of carbonyl (C=O) groups is 1. The van der Waals surface area contributed by atoms with Crippen LogP contribution in [0.1, 0.15) is 43.0 Å². The maximum atomic E-state index is 13.5. The molecule has 1 aliphatic rings. The zero-order valence-electron chi connectivity index (χ0n) is 10.4. The van der Waals surface area contributed by atoms with Gasteiger partial charge in [-0.1, -0.05) is 35.7 Å². The molecule has 2 nitrogen and oxygen atoms in total. The first kappa shape index (κ1) is 13.5. The SMILES string of the molecule is CC1(CNC(=O)c2cc(Br)ccc2F)CCCC1. The minimum absolute atomic E-state index is 0.103. The van der Waals surface area contributed by atoms with Crippen molar-refractivity contribution in [1.82, 2.24) is 5.32 Å². The number of carbonyl (C=O) groups excluding carboxylic acids is 1. The third kappa shape index (κ3) is 3.10.